The van der Waals surface area contributed by atoms with E-state index in [-0.39, 0.29) is 24.4 Å². The standard InChI is InChI=1S/C23H17BrClFN2O3/c24-13-2-4-17(26)15(8-13)23-27-18(12-1-6-21-22(7-12)31-11-30-21)10-19(28-23)16-9-14(25)3-5-20(16)29/h1-9,19,23,28-29H,10-11H2/t19-,23+/m1/s1. The van der Waals surface area contributed by atoms with E-state index in [9.17, 15) is 9.50 Å². The van der Waals surface area contributed by atoms with Crippen molar-refractivity contribution in [2.45, 2.75) is 18.6 Å². The lowest BCUT2D eigenvalue weighted by Gasteiger charge is -2.31. The Morgan fingerprint density at radius 1 is 1.03 bits per heavy atom. The van der Waals surface area contributed by atoms with Gasteiger partial charge in [0.15, 0.2) is 11.5 Å². The van der Waals surface area contributed by atoms with E-state index >= 15 is 0 Å². The monoisotopic (exact) mass is 502 g/mol. The highest BCUT2D eigenvalue weighted by molar-refractivity contribution is 9.10. The molecule has 3 aromatic carbocycles. The van der Waals surface area contributed by atoms with Gasteiger partial charge in [0.05, 0.1) is 0 Å². The second-order valence-electron chi connectivity index (χ2n) is 7.34. The topological polar surface area (TPSA) is 63.1 Å². The molecule has 5 nitrogen and oxygen atoms in total. The number of benzene rings is 3. The van der Waals surface area contributed by atoms with Gasteiger partial charge in [0, 0.05) is 38.8 Å². The molecule has 0 aliphatic carbocycles. The molecule has 0 spiro atoms. The number of phenolic OH excluding ortho intramolecular Hbond substituents is 1. The van der Waals surface area contributed by atoms with Crippen molar-refractivity contribution in [3.8, 4) is 17.2 Å². The Hall–Kier alpha value is -2.61. The van der Waals surface area contributed by atoms with Crippen LogP contribution in [-0.2, 0) is 0 Å². The Labute approximate surface area is 191 Å². The van der Waals surface area contributed by atoms with Gasteiger partial charge >= 0.3 is 0 Å². The number of phenols is 1. The first kappa shape index (κ1) is 20.3. The van der Waals surface area contributed by atoms with Gasteiger partial charge in [-0.15, -0.1) is 0 Å². The smallest absolute Gasteiger partial charge is 0.231 e. The van der Waals surface area contributed by atoms with Gasteiger partial charge in [-0.05, 0) is 60.2 Å². The van der Waals surface area contributed by atoms with Crippen LogP contribution in [0.3, 0.4) is 0 Å². The SMILES string of the molecule is Oc1ccc(Cl)cc1[C@H]1CC(c2ccc3c(c2)OCO3)=N[C@H](c2cc(Br)ccc2F)N1. The minimum atomic E-state index is -0.657. The average molecular weight is 504 g/mol. The summed E-state index contributed by atoms with van der Waals surface area (Å²) in [6.07, 6.45) is -0.185. The van der Waals surface area contributed by atoms with E-state index in [1.807, 2.05) is 18.2 Å². The fourth-order valence-corrected chi connectivity index (χ4v) is 4.40. The van der Waals surface area contributed by atoms with Gasteiger partial charge in [0.1, 0.15) is 17.7 Å². The molecule has 0 unspecified atom stereocenters. The van der Waals surface area contributed by atoms with E-state index in [4.69, 9.17) is 26.1 Å². The van der Waals surface area contributed by atoms with E-state index in [2.05, 4.69) is 21.2 Å². The molecule has 2 aliphatic rings. The lowest BCUT2D eigenvalue weighted by atomic mass is 9.93. The molecule has 8 heteroatoms. The minimum absolute atomic E-state index is 0.113. The van der Waals surface area contributed by atoms with Gasteiger partial charge < -0.3 is 14.6 Å². The number of nitrogens with one attached hydrogen (secondary N) is 1. The van der Waals surface area contributed by atoms with Crippen molar-refractivity contribution in [1.29, 1.82) is 0 Å². The maximum absolute atomic E-state index is 14.7. The fraction of sp³-hybridized carbons (Fsp3) is 0.174. The number of rotatable bonds is 3. The average Bonchev–Trinajstić information content (AvgIpc) is 3.24. The summed E-state index contributed by atoms with van der Waals surface area (Å²) in [6.45, 7) is 0.178. The number of hydrogen-bond donors (Lipinski definition) is 2. The zero-order valence-electron chi connectivity index (χ0n) is 16.1. The molecule has 3 aromatic rings. The van der Waals surface area contributed by atoms with E-state index in [0.29, 0.717) is 34.1 Å². The summed E-state index contributed by atoms with van der Waals surface area (Å²) in [4.78, 5) is 4.81. The van der Waals surface area contributed by atoms with Crippen molar-refractivity contribution in [2.24, 2.45) is 4.99 Å². The van der Waals surface area contributed by atoms with Gasteiger partial charge in [-0.2, -0.15) is 0 Å². The Morgan fingerprint density at radius 2 is 1.87 bits per heavy atom. The zero-order chi connectivity index (χ0) is 21.5. The zero-order valence-corrected chi connectivity index (χ0v) is 18.5. The van der Waals surface area contributed by atoms with Crippen molar-refractivity contribution >= 4 is 33.2 Å². The molecule has 158 valence electrons. The Morgan fingerprint density at radius 3 is 2.74 bits per heavy atom. The first-order valence-corrected chi connectivity index (χ1v) is 10.8. The van der Waals surface area contributed by atoms with Crippen LogP contribution in [0, 0.1) is 5.82 Å². The van der Waals surface area contributed by atoms with Crippen LogP contribution >= 0.6 is 27.5 Å². The van der Waals surface area contributed by atoms with Crippen molar-refractivity contribution in [1.82, 2.24) is 5.32 Å². The van der Waals surface area contributed by atoms with E-state index < -0.39 is 6.17 Å². The van der Waals surface area contributed by atoms with Gasteiger partial charge in [0.2, 0.25) is 6.79 Å². The predicted molar refractivity (Wildman–Crippen MR) is 120 cm³/mol. The van der Waals surface area contributed by atoms with Gasteiger partial charge in [-0.25, -0.2) is 4.39 Å². The predicted octanol–water partition coefficient (Wildman–Crippen LogP) is 5.90. The molecule has 2 N–H and O–H groups in total. The quantitative estimate of drug-likeness (QED) is 0.467. The van der Waals surface area contributed by atoms with E-state index in [1.54, 1.807) is 30.3 Å². The Balaban J connectivity index is 1.60. The Kier molecular flexibility index (Phi) is 5.33. The normalized spacial score (nSPS) is 19.9. The van der Waals surface area contributed by atoms with Crippen LogP contribution in [0.4, 0.5) is 4.39 Å². The number of aromatic hydroxyl groups is 1. The summed E-state index contributed by atoms with van der Waals surface area (Å²) in [7, 11) is 0. The first-order valence-electron chi connectivity index (χ1n) is 9.64. The van der Waals surface area contributed by atoms with Crippen LogP contribution < -0.4 is 14.8 Å². The molecule has 0 amide bonds. The maximum atomic E-state index is 14.7. The number of ether oxygens (including phenoxy) is 2. The molecular weight excluding hydrogens is 487 g/mol. The second-order valence-corrected chi connectivity index (χ2v) is 8.69. The number of hydrogen-bond acceptors (Lipinski definition) is 5. The number of aliphatic imine (C=N–C) groups is 1. The van der Waals surface area contributed by atoms with E-state index in [1.165, 1.54) is 6.07 Å². The number of fused-ring (bicyclic) bond motifs is 1. The minimum Gasteiger partial charge on any atom is -0.508 e. The molecule has 0 aromatic heterocycles. The molecule has 5 rings (SSSR count). The summed E-state index contributed by atoms with van der Waals surface area (Å²) >= 11 is 9.59. The fourth-order valence-electron chi connectivity index (χ4n) is 3.84. The van der Waals surface area contributed by atoms with Gasteiger partial charge in [-0.3, -0.25) is 10.3 Å². The van der Waals surface area contributed by atoms with Crippen molar-refractivity contribution in [3.63, 3.8) is 0 Å². The molecule has 2 aliphatic heterocycles. The molecule has 0 saturated heterocycles. The van der Waals surface area contributed by atoms with Crippen molar-refractivity contribution in [3.05, 3.63) is 86.6 Å². The van der Waals surface area contributed by atoms with Crippen LogP contribution in [0.1, 0.15) is 35.3 Å². The molecule has 31 heavy (non-hydrogen) atoms. The van der Waals surface area contributed by atoms with E-state index in [0.717, 1.165) is 15.7 Å². The molecule has 0 bridgehead atoms. The van der Waals surface area contributed by atoms with Gasteiger partial charge in [-0.1, -0.05) is 27.5 Å². The third-order valence-electron chi connectivity index (χ3n) is 5.36. The summed E-state index contributed by atoms with van der Waals surface area (Å²) in [5.74, 6) is 1.07. The lowest BCUT2D eigenvalue weighted by Crippen LogP contribution is -2.33. The van der Waals surface area contributed by atoms with Crippen LogP contribution in [0.2, 0.25) is 5.02 Å². The molecule has 0 radical (unpaired) electrons. The summed E-state index contributed by atoms with van der Waals surface area (Å²) in [5, 5.41) is 14.3. The third-order valence-corrected chi connectivity index (χ3v) is 6.09. The van der Waals surface area contributed by atoms with Crippen LogP contribution in [0.25, 0.3) is 0 Å². The summed E-state index contributed by atoms with van der Waals surface area (Å²) in [6, 6.07) is 14.9. The van der Waals surface area contributed by atoms with Crippen molar-refractivity contribution < 1.29 is 19.0 Å². The highest BCUT2D eigenvalue weighted by Gasteiger charge is 2.30. The van der Waals surface area contributed by atoms with Crippen LogP contribution in [0.5, 0.6) is 17.2 Å². The molecule has 2 heterocycles. The summed E-state index contributed by atoms with van der Waals surface area (Å²) < 4.78 is 26.4. The number of halogens is 3. The highest BCUT2D eigenvalue weighted by atomic mass is 79.9. The first-order chi connectivity index (χ1) is 15.0. The molecule has 0 saturated carbocycles. The lowest BCUT2D eigenvalue weighted by molar-refractivity contribution is 0.174. The maximum Gasteiger partial charge on any atom is 0.231 e. The summed E-state index contributed by atoms with van der Waals surface area (Å²) in [5.41, 5.74) is 2.63. The molecule has 0 fully saturated rings. The highest BCUT2D eigenvalue weighted by Crippen LogP contribution is 2.38. The third kappa shape index (κ3) is 4.01. The Bertz CT molecular complexity index is 1200. The molecule has 2 atom stereocenters. The largest absolute Gasteiger partial charge is 0.508 e. The van der Waals surface area contributed by atoms with Crippen LogP contribution in [0.15, 0.2) is 64.1 Å². The number of nitrogens with zero attached hydrogens (tertiary/aromatic N) is 1. The molecular formula is C23H17BrClFN2O3. The second kappa shape index (κ2) is 8.15. The van der Waals surface area contributed by atoms with Gasteiger partial charge in [0.25, 0.3) is 0 Å². The van der Waals surface area contributed by atoms with Crippen LogP contribution in [-0.4, -0.2) is 17.6 Å². The van der Waals surface area contributed by atoms with Crippen molar-refractivity contribution in [2.75, 3.05) is 6.79 Å².